The molecule has 2 aromatic rings. The molecule has 7 heteroatoms. The Bertz CT molecular complexity index is 907. The zero-order valence-corrected chi connectivity index (χ0v) is 17.9. The number of rotatable bonds is 5. The Morgan fingerprint density at radius 3 is 2.34 bits per heavy atom. The predicted molar refractivity (Wildman–Crippen MR) is 113 cm³/mol. The molecule has 152 valence electrons. The monoisotopic (exact) mass is 458 g/mol. The first-order valence-corrected chi connectivity index (χ1v) is 10.3. The topological polar surface area (TPSA) is 66.9 Å². The van der Waals surface area contributed by atoms with Crippen LogP contribution in [-0.2, 0) is 16.0 Å². The number of hydrogen-bond acceptors (Lipinski definition) is 4. The van der Waals surface area contributed by atoms with Crippen molar-refractivity contribution in [2.24, 2.45) is 0 Å². The number of halogens is 1. The first-order chi connectivity index (χ1) is 13.9. The molecule has 0 radical (unpaired) electrons. The van der Waals surface area contributed by atoms with E-state index in [1.165, 1.54) is 6.92 Å². The maximum atomic E-state index is 12.7. The van der Waals surface area contributed by atoms with Crippen LogP contribution >= 0.6 is 15.9 Å². The van der Waals surface area contributed by atoms with Gasteiger partial charge in [-0.05, 0) is 42.3 Å². The van der Waals surface area contributed by atoms with Gasteiger partial charge in [-0.1, -0.05) is 34.1 Å². The highest BCUT2D eigenvalue weighted by molar-refractivity contribution is 9.10. The number of aryl methyl sites for hydroxylation is 1. The summed E-state index contributed by atoms with van der Waals surface area (Å²) in [6, 6.07) is 14.6. The summed E-state index contributed by atoms with van der Waals surface area (Å²) >= 11 is 3.44. The SMILES string of the molecule is CC(=O)Oc1cccc(C(=O)N2CCN(C(=O)CCc3cccc(Br)c3)CC2)c1. The molecule has 0 unspecified atom stereocenters. The zero-order chi connectivity index (χ0) is 20.8. The summed E-state index contributed by atoms with van der Waals surface area (Å²) in [5.41, 5.74) is 1.59. The molecule has 2 aromatic carbocycles. The van der Waals surface area contributed by atoms with E-state index in [0.717, 1.165) is 10.0 Å². The normalized spacial score (nSPS) is 13.9. The van der Waals surface area contributed by atoms with Gasteiger partial charge < -0.3 is 14.5 Å². The molecule has 6 nitrogen and oxygen atoms in total. The molecule has 1 heterocycles. The van der Waals surface area contributed by atoms with Crippen LogP contribution in [0.2, 0.25) is 0 Å². The Morgan fingerprint density at radius 1 is 0.966 bits per heavy atom. The molecule has 3 rings (SSSR count). The Morgan fingerprint density at radius 2 is 1.66 bits per heavy atom. The maximum Gasteiger partial charge on any atom is 0.308 e. The van der Waals surface area contributed by atoms with E-state index in [9.17, 15) is 14.4 Å². The van der Waals surface area contributed by atoms with Crippen LogP contribution in [0, 0.1) is 0 Å². The van der Waals surface area contributed by atoms with Crippen LogP contribution in [0.25, 0.3) is 0 Å². The number of piperazine rings is 1. The molecular formula is C22H23BrN2O4. The quantitative estimate of drug-likeness (QED) is 0.509. The predicted octanol–water partition coefficient (Wildman–Crippen LogP) is 3.29. The van der Waals surface area contributed by atoms with Gasteiger partial charge in [-0.3, -0.25) is 14.4 Å². The fourth-order valence-corrected chi connectivity index (χ4v) is 3.75. The third kappa shape index (κ3) is 5.90. The van der Waals surface area contributed by atoms with E-state index in [1.807, 2.05) is 29.2 Å². The van der Waals surface area contributed by atoms with Crippen molar-refractivity contribution in [3.05, 3.63) is 64.1 Å². The van der Waals surface area contributed by atoms with Crippen LogP contribution in [0.5, 0.6) is 5.75 Å². The third-order valence-electron chi connectivity index (χ3n) is 4.78. The van der Waals surface area contributed by atoms with E-state index < -0.39 is 5.97 Å². The molecule has 1 aliphatic rings. The van der Waals surface area contributed by atoms with Crippen molar-refractivity contribution in [3.8, 4) is 5.75 Å². The minimum absolute atomic E-state index is 0.105. The van der Waals surface area contributed by atoms with Gasteiger partial charge in [0.1, 0.15) is 5.75 Å². The van der Waals surface area contributed by atoms with Gasteiger partial charge in [-0.2, -0.15) is 0 Å². The lowest BCUT2D eigenvalue weighted by Gasteiger charge is -2.35. The summed E-state index contributed by atoms with van der Waals surface area (Å²) < 4.78 is 6.05. The average molecular weight is 459 g/mol. The average Bonchev–Trinajstić information content (AvgIpc) is 2.71. The minimum atomic E-state index is -0.426. The number of carbonyl (C=O) groups excluding carboxylic acids is 3. The summed E-state index contributed by atoms with van der Waals surface area (Å²) in [4.78, 5) is 39.9. The van der Waals surface area contributed by atoms with E-state index in [2.05, 4.69) is 15.9 Å². The van der Waals surface area contributed by atoms with Crippen molar-refractivity contribution >= 4 is 33.7 Å². The third-order valence-corrected chi connectivity index (χ3v) is 5.27. The number of benzene rings is 2. The number of esters is 1. The number of hydrogen-bond donors (Lipinski definition) is 0. The van der Waals surface area contributed by atoms with Gasteiger partial charge in [0.2, 0.25) is 5.91 Å². The van der Waals surface area contributed by atoms with E-state index in [0.29, 0.717) is 50.3 Å². The summed E-state index contributed by atoms with van der Waals surface area (Å²) in [5.74, 6) is -0.0940. The summed E-state index contributed by atoms with van der Waals surface area (Å²) in [6.45, 7) is 3.33. The van der Waals surface area contributed by atoms with Crippen LogP contribution < -0.4 is 4.74 Å². The molecular weight excluding hydrogens is 436 g/mol. The van der Waals surface area contributed by atoms with Gasteiger partial charge in [0, 0.05) is 49.6 Å². The van der Waals surface area contributed by atoms with Crippen LogP contribution in [0.15, 0.2) is 53.0 Å². The van der Waals surface area contributed by atoms with Crippen LogP contribution in [0.3, 0.4) is 0 Å². The zero-order valence-electron chi connectivity index (χ0n) is 16.3. The van der Waals surface area contributed by atoms with Crippen LogP contribution in [0.1, 0.15) is 29.3 Å². The minimum Gasteiger partial charge on any atom is -0.427 e. The Labute approximate surface area is 178 Å². The first kappa shape index (κ1) is 21.0. The van der Waals surface area contributed by atoms with Crippen molar-refractivity contribution in [1.82, 2.24) is 9.80 Å². The van der Waals surface area contributed by atoms with Gasteiger partial charge >= 0.3 is 5.97 Å². The fourth-order valence-electron chi connectivity index (χ4n) is 3.30. The smallest absolute Gasteiger partial charge is 0.308 e. The molecule has 1 aliphatic heterocycles. The summed E-state index contributed by atoms with van der Waals surface area (Å²) in [6.07, 6.45) is 1.15. The molecule has 0 atom stereocenters. The summed E-state index contributed by atoms with van der Waals surface area (Å²) in [5, 5.41) is 0. The highest BCUT2D eigenvalue weighted by Gasteiger charge is 2.25. The number of carbonyl (C=O) groups is 3. The molecule has 1 fully saturated rings. The Balaban J connectivity index is 1.51. The lowest BCUT2D eigenvalue weighted by Crippen LogP contribution is -2.50. The van der Waals surface area contributed by atoms with Gasteiger partial charge in [-0.25, -0.2) is 0 Å². The molecule has 0 aromatic heterocycles. The highest BCUT2D eigenvalue weighted by atomic mass is 79.9. The second-order valence-corrected chi connectivity index (χ2v) is 7.84. The lowest BCUT2D eigenvalue weighted by atomic mass is 10.1. The highest BCUT2D eigenvalue weighted by Crippen LogP contribution is 2.17. The van der Waals surface area contributed by atoms with Gasteiger partial charge in [0.05, 0.1) is 0 Å². The van der Waals surface area contributed by atoms with E-state index in [-0.39, 0.29) is 11.8 Å². The first-order valence-electron chi connectivity index (χ1n) is 9.52. The molecule has 1 saturated heterocycles. The molecule has 2 amide bonds. The van der Waals surface area contributed by atoms with Crippen LogP contribution in [0.4, 0.5) is 0 Å². The van der Waals surface area contributed by atoms with E-state index in [1.54, 1.807) is 29.2 Å². The van der Waals surface area contributed by atoms with Crippen LogP contribution in [-0.4, -0.2) is 53.8 Å². The maximum absolute atomic E-state index is 12.7. The fraction of sp³-hybridized carbons (Fsp3) is 0.318. The van der Waals surface area contributed by atoms with E-state index >= 15 is 0 Å². The second-order valence-electron chi connectivity index (χ2n) is 6.92. The Kier molecular flexibility index (Phi) is 7.04. The molecule has 0 spiro atoms. The number of nitrogens with zero attached hydrogens (tertiary/aromatic N) is 2. The van der Waals surface area contributed by atoms with Gasteiger partial charge in [0.15, 0.2) is 0 Å². The lowest BCUT2D eigenvalue weighted by molar-refractivity contribution is -0.133. The van der Waals surface area contributed by atoms with Gasteiger partial charge in [0.25, 0.3) is 5.91 Å². The van der Waals surface area contributed by atoms with Crippen molar-refractivity contribution < 1.29 is 19.1 Å². The van der Waals surface area contributed by atoms with Crippen molar-refractivity contribution in [2.45, 2.75) is 19.8 Å². The summed E-state index contributed by atoms with van der Waals surface area (Å²) in [7, 11) is 0. The molecule has 0 N–H and O–H groups in total. The molecule has 29 heavy (non-hydrogen) atoms. The van der Waals surface area contributed by atoms with Crippen molar-refractivity contribution in [1.29, 1.82) is 0 Å². The molecule has 0 bridgehead atoms. The number of amides is 2. The molecule has 0 saturated carbocycles. The van der Waals surface area contributed by atoms with Crippen molar-refractivity contribution in [2.75, 3.05) is 26.2 Å². The number of ether oxygens (including phenoxy) is 1. The largest absolute Gasteiger partial charge is 0.427 e. The van der Waals surface area contributed by atoms with E-state index in [4.69, 9.17) is 4.74 Å². The second kappa shape index (κ2) is 9.69. The Hall–Kier alpha value is -2.67. The van der Waals surface area contributed by atoms with Crippen molar-refractivity contribution in [3.63, 3.8) is 0 Å². The van der Waals surface area contributed by atoms with Gasteiger partial charge in [-0.15, -0.1) is 0 Å². The standard InChI is InChI=1S/C22H23BrN2O4/c1-16(26)29-20-7-3-5-18(15-20)22(28)25-12-10-24(11-13-25)21(27)9-8-17-4-2-6-19(23)14-17/h2-7,14-15H,8-13H2,1H3. The molecule has 0 aliphatic carbocycles.